The van der Waals surface area contributed by atoms with E-state index in [1.54, 1.807) is 12.4 Å². The molecule has 1 fully saturated rings. The van der Waals surface area contributed by atoms with Gasteiger partial charge in [0.2, 0.25) is 5.91 Å². The predicted octanol–water partition coefficient (Wildman–Crippen LogP) is -0.246. The van der Waals surface area contributed by atoms with E-state index < -0.39 is 6.10 Å². The highest BCUT2D eigenvalue weighted by Gasteiger charge is 2.31. The number of hydrogen-bond donors (Lipinski definition) is 3. The van der Waals surface area contributed by atoms with E-state index in [9.17, 15) is 9.90 Å². The Bertz CT molecular complexity index is 455. The maximum Gasteiger partial charge on any atom is 0.290 e. The van der Waals surface area contributed by atoms with E-state index in [1.807, 2.05) is 19.2 Å². The normalized spacial score (nSPS) is 21.4. The predicted molar refractivity (Wildman–Crippen MR) is 81.3 cm³/mol. The highest BCUT2D eigenvalue weighted by Crippen LogP contribution is 2.16. The van der Waals surface area contributed by atoms with Gasteiger partial charge in [-0.25, -0.2) is 0 Å². The summed E-state index contributed by atoms with van der Waals surface area (Å²) in [5.41, 5.74) is 1.15. The lowest BCUT2D eigenvalue weighted by molar-refractivity contribution is -0.131. The Balaban J connectivity index is 0.000000745. The third-order valence-electron chi connectivity index (χ3n) is 3.58. The highest BCUT2D eigenvalue weighted by atomic mass is 16.3. The molecule has 0 spiro atoms. The number of amides is 1. The molecule has 1 amide bonds. The molecule has 0 bridgehead atoms. The van der Waals surface area contributed by atoms with Crippen LogP contribution in [0.3, 0.4) is 0 Å². The molecule has 7 heteroatoms. The van der Waals surface area contributed by atoms with Crippen LogP contribution in [0, 0.1) is 5.92 Å². The monoisotopic (exact) mass is 309 g/mol. The standard InChI is InChI=1S/C14H21N3O2.CH2O2/c1-17-9-5-13(18)12(10-17)14(19)16-8-4-11-2-6-15-7-3-11;2-1-3/h2-3,6-7,12-13,18H,4-5,8-10H2,1H3,(H,16,19);1H,(H,2,3)/t12-,13-;/m1./s1. The summed E-state index contributed by atoms with van der Waals surface area (Å²) in [6.45, 7) is 1.82. The molecule has 2 heterocycles. The summed E-state index contributed by atoms with van der Waals surface area (Å²) in [5.74, 6) is -0.357. The summed E-state index contributed by atoms with van der Waals surface area (Å²) in [5, 5.41) is 19.7. The lowest BCUT2D eigenvalue weighted by Gasteiger charge is -2.32. The molecule has 1 saturated heterocycles. The van der Waals surface area contributed by atoms with E-state index in [2.05, 4.69) is 15.2 Å². The highest BCUT2D eigenvalue weighted by molar-refractivity contribution is 5.79. The van der Waals surface area contributed by atoms with Crippen molar-refractivity contribution in [1.82, 2.24) is 15.2 Å². The maximum atomic E-state index is 12.0. The van der Waals surface area contributed by atoms with Crippen LogP contribution in [0.1, 0.15) is 12.0 Å². The molecule has 2 rings (SSSR count). The van der Waals surface area contributed by atoms with Crippen LogP contribution in [0.15, 0.2) is 24.5 Å². The molecule has 3 N–H and O–H groups in total. The van der Waals surface area contributed by atoms with Crippen LogP contribution in [0.25, 0.3) is 0 Å². The van der Waals surface area contributed by atoms with Crippen LogP contribution < -0.4 is 5.32 Å². The van der Waals surface area contributed by atoms with Crippen molar-refractivity contribution in [3.8, 4) is 0 Å². The van der Waals surface area contributed by atoms with E-state index in [0.717, 1.165) is 18.5 Å². The summed E-state index contributed by atoms with van der Waals surface area (Å²) in [4.78, 5) is 26.4. The number of nitrogens with zero attached hydrogens (tertiary/aromatic N) is 2. The van der Waals surface area contributed by atoms with Crippen molar-refractivity contribution < 1.29 is 19.8 Å². The second-order valence-corrected chi connectivity index (χ2v) is 5.23. The molecule has 0 aliphatic carbocycles. The van der Waals surface area contributed by atoms with Gasteiger partial charge in [0.05, 0.1) is 12.0 Å². The van der Waals surface area contributed by atoms with Gasteiger partial charge in [-0.2, -0.15) is 0 Å². The third kappa shape index (κ3) is 6.19. The van der Waals surface area contributed by atoms with Crippen LogP contribution in [-0.4, -0.2) is 65.3 Å². The Morgan fingerprint density at radius 2 is 2.14 bits per heavy atom. The van der Waals surface area contributed by atoms with Crippen LogP contribution in [0.4, 0.5) is 0 Å². The SMILES string of the molecule is CN1CC[C@@H](O)[C@H](C(=O)NCCc2ccncc2)C1.O=CO. The first-order chi connectivity index (χ1) is 10.6. The number of pyridine rings is 1. The van der Waals surface area contributed by atoms with E-state index in [4.69, 9.17) is 9.90 Å². The van der Waals surface area contributed by atoms with Crippen molar-refractivity contribution in [2.45, 2.75) is 18.9 Å². The van der Waals surface area contributed by atoms with Crippen molar-refractivity contribution in [1.29, 1.82) is 0 Å². The molecule has 0 unspecified atom stereocenters. The lowest BCUT2D eigenvalue weighted by Crippen LogP contribution is -2.49. The van der Waals surface area contributed by atoms with Gasteiger partial charge in [0.1, 0.15) is 0 Å². The number of carbonyl (C=O) groups excluding carboxylic acids is 1. The van der Waals surface area contributed by atoms with Crippen molar-refractivity contribution in [3.63, 3.8) is 0 Å². The molecule has 7 nitrogen and oxygen atoms in total. The molecule has 0 radical (unpaired) electrons. The van der Waals surface area contributed by atoms with E-state index in [0.29, 0.717) is 19.5 Å². The van der Waals surface area contributed by atoms with Gasteiger partial charge in [0, 0.05) is 32.0 Å². The molecule has 122 valence electrons. The minimum absolute atomic E-state index is 0.0480. The average molecular weight is 309 g/mol. The molecule has 1 aliphatic heterocycles. The smallest absolute Gasteiger partial charge is 0.290 e. The minimum Gasteiger partial charge on any atom is -0.483 e. The summed E-state index contributed by atoms with van der Waals surface area (Å²) in [6, 6.07) is 3.88. The van der Waals surface area contributed by atoms with Gasteiger partial charge in [-0.15, -0.1) is 0 Å². The number of rotatable bonds is 4. The van der Waals surface area contributed by atoms with Gasteiger partial charge >= 0.3 is 0 Å². The van der Waals surface area contributed by atoms with Gasteiger partial charge < -0.3 is 20.4 Å². The third-order valence-corrected chi connectivity index (χ3v) is 3.58. The van der Waals surface area contributed by atoms with Crippen molar-refractivity contribution >= 4 is 12.4 Å². The molecule has 0 aromatic carbocycles. The number of hydrogen-bond acceptors (Lipinski definition) is 5. The number of aliphatic hydroxyl groups excluding tert-OH is 1. The number of aromatic nitrogens is 1. The van der Waals surface area contributed by atoms with E-state index in [-0.39, 0.29) is 18.3 Å². The van der Waals surface area contributed by atoms with Crippen molar-refractivity contribution in [2.75, 3.05) is 26.7 Å². The summed E-state index contributed by atoms with van der Waals surface area (Å²) in [7, 11) is 1.98. The van der Waals surface area contributed by atoms with E-state index >= 15 is 0 Å². The second kappa shape index (κ2) is 9.86. The number of nitrogens with one attached hydrogen (secondary N) is 1. The van der Waals surface area contributed by atoms with Gasteiger partial charge in [0.25, 0.3) is 6.47 Å². The number of piperidine rings is 1. The van der Waals surface area contributed by atoms with Crippen LogP contribution in [0.5, 0.6) is 0 Å². The first-order valence-corrected chi connectivity index (χ1v) is 7.19. The molecular formula is C15H23N3O4. The molecular weight excluding hydrogens is 286 g/mol. The second-order valence-electron chi connectivity index (χ2n) is 5.23. The number of likely N-dealkylation sites (tertiary alicyclic amines) is 1. The van der Waals surface area contributed by atoms with Crippen LogP contribution >= 0.6 is 0 Å². The van der Waals surface area contributed by atoms with Crippen LogP contribution in [0.2, 0.25) is 0 Å². The fourth-order valence-corrected chi connectivity index (χ4v) is 2.37. The minimum atomic E-state index is -0.517. The van der Waals surface area contributed by atoms with E-state index in [1.165, 1.54) is 0 Å². The zero-order valence-corrected chi connectivity index (χ0v) is 12.7. The van der Waals surface area contributed by atoms with Gasteiger partial charge in [-0.05, 0) is 37.6 Å². The topological polar surface area (TPSA) is 103 Å². The molecule has 1 aliphatic rings. The zero-order valence-electron chi connectivity index (χ0n) is 12.7. The number of aliphatic hydroxyl groups is 1. The average Bonchev–Trinajstić information content (AvgIpc) is 2.51. The van der Waals surface area contributed by atoms with Crippen molar-refractivity contribution in [3.05, 3.63) is 30.1 Å². The van der Waals surface area contributed by atoms with Crippen molar-refractivity contribution in [2.24, 2.45) is 5.92 Å². The molecule has 2 atom stereocenters. The Labute approximate surface area is 130 Å². The molecule has 0 saturated carbocycles. The lowest BCUT2D eigenvalue weighted by atomic mass is 9.94. The molecule has 1 aromatic heterocycles. The van der Waals surface area contributed by atoms with Gasteiger partial charge in [0.15, 0.2) is 0 Å². The Morgan fingerprint density at radius 3 is 2.77 bits per heavy atom. The Kier molecular flexibility index (Phi) is 8.09. The zero-order chi connectivity index (χ0) is 16.4. The Morgan fingerprint density at radius 1 is 1.50 bits per heavy atom. The number of carbonyl (C=O) groups is 2. The fraction of sp³-hybridized carbons (Fsp3) is 0.533. The molecule has 1 aromatic rings. The summed E-state index contributed by atoms with van der Waals surface area (Å²) < 4.78 is 0. The quantitative estimate of drug-likeness (QED) is 0.663. The van der Waals surface area contributed by atoms with Gasteiger partial charge in [-0.3, -0.25) is 14.6 Å². The Hall–Kier alpha value is -1.99. The fourth-order valence-electron chi connectivity index (χ4n) is 2.37. The first-order valence-electron chi connectivity index (χ1n) is 7.19. The largest absolute Gasteiger partial charge is 0.483 e. The first kappa shape index (κ1) is 18.1. The summed E-state index contributed by atoms with van der Waals surface area (Å²) in [6.07, 6.45) is 4.43. The van der Waals surface area contributed by atoms with Crippen LogP contribution in [-0.2, 0) is 16.0 Å². The number of carboxylic acid groups (broad SMARTS) is 1. The van der Waals surface area contributed by atoms with Gasteiger partial charge in [-0.1, -0.05) is 0 Å². The maximum absolute atomic E-state index is 12.0. The summed E-state index contributed by atoms with van der Waals surface area (Å²) >= 11 is 0. The molecule has 22 heavy (non-hydrogen) atoms.